The van der Waals surface area contributed by atoms with Crippen LogP contribution in [-0.2, 0) is 23.7 Å². The first kappa shape index (κ1) is 25.6. The first-order valence-electron chi connectivity index (χ1n) is 11.3. The SMILES string of the molecule is CCn1cc(Nc2ncc(-c3ccc(CC(=O)Nc4cnc(OC)c(C(C)(F)F)c4)c(F)c3)cn2)cn1. The number of amides is 1. The third-order valence-electron chi connectivity index (χ3n) is 5.40. The van der Waals surface area contributed by atoms with Gasteiger partial charge in [-0.15, -0.1) is 0 Å². The van der Waals surface area contributed by atoms with Crippen LogP contribution in [0, 0.1) is 5.82 Å². The number of nitrogens with zero attached hydrogens (tertiary/aromatic N) is 5. The van der Waals surface area contributed by atoms with E-state index in [9.17, 15) is 18.0 Å². The van der Waals surface area contributed by atoms with Gasteiger partial charge in [0, 0.05) is 37.6 Å². The van der Waals surface area contributed by atoms with Crippen LogP contribution in [0.3, 0.4) is 0 Å². The Balaban J connectivity index is 1.42. The normalized spacial score (nSPS) is 11.3. The molecule has 1 amide bonds. The molecule has 192 valence electrons. The largest absolute Gasteiger partial charge is 0.481 e. The van der Waals surface area contributed by atoms with Crippen LogP contribution < -0.4 is 15.4 Å². The zero-order chi connectivity index (χ0) is 26.6. The number of carbonyl (C=O) groups excluding carboxylic acids is 1. The van der Waals surface area contributed by atoms with Gasteiger partial charge >= 0.3 is 0 Å². The van der Waals surface area contributed by atoms with E-state index in [4.69, 9.17) is 4.74 Å². The van der Waals surface area contributed by atoms with E-state index in [0.29, 0.717) is 24.0 Å². The fourth-order valence-electron chi connectivity index (χ4n) is 3.52. The van der Waals surface area contributed by atoms with Crippen LogP contribution in [0.1, 0.15) is 25.0 Å². The van der Waals surface area contributed by atoms with Gasteiger partial charge in [0.2, 0.25) is 17.7 Å². The molecule has 0 atom stereocenters. The highest BCUT2D eigenvalue weighted by Gasteiger charge is 2.30. The van der Waals surface area contributed by atoms with Crippen LogP contribution in [0.4, 0.5) is 30.5 Å². The molecule has 1 aromatic carbocycles. The van der Waals surface area contributed by atoms with Crippen molar-refractivity contribution in [3.05, 3.63) is 72.2 Å². The number of nitrogens with one attached hydrogen (secondary N) is 2. The highest BCUT2D eigenvalue weighted by molar-refractivity contribution is 5.92. The van der Waals surface area contributed by atoms with E-state index in [1.54, 1.807) is 29.3 Å². The maximum absolute atomic E-state index is 14.8. The van der Waals surface area contributed by atoms with Gasteiger partial charge in [-0.05, 0) is 30.2 Å². The number of hydrogen-bond donors (Lipinski definition) is 2. The van der Waals surface area contributed by atoms with Crippen molar-refractivity contribution in [2.24, 2.45) is 0 Å². The molecule has 37 heavy (non-hydrogen) atoms. The Morgan fingerprint density at radius 2 is 1.81 bits per heavy atom. The number of aryl methyl sites for hydroxylation is 1. The van der Waals surface area contributed by atoms with Gasteiger partial charge in [-0.1, -0.05) is 12.1 Å². The molecule has 12 heteroatoms. The molecule has 0 aliphatic rings. The molecule has 3 aromatic heterocycles. The lowest BCUT2D eigenvalue weighted by molar-refractivity contribution is -0.115. The smallest absolute Gasteiger partial charge is 0.275 e. The summed E-state index contributed by atoms with van der Waals surface area (Å²) < 4.78 is 49.1. The lowest BCUT2D eigenvalue weighted by atomic mass is 10.0. The van der Waals surface area contributed by atoms with E-state index in [1.807, 2.05) is 13.1 Å². The average Bonchev–Trinajstić information content (AvgIpc) is 3.32. The maximum atomic E-state index is 14.8. The summed E-state index contributed by atoms with van der Waals surface area (Å²) in [5.74, 6) is -4.29. The summed E-state index contributed by atoms with van der Waals surface area (Å²) >= 11 is 0. The van der Waals surface area contributed by atoms with E-state index < -0.39 is 23.2 Å². The fraction of sp³-hybridized carbons (Fsp3) is 0.240. The molecule has 3 heterocycles. The molecule has 4 rings (SSSR count). The third kappa shape index (κ3) is 6.21. The van der Waals surface area contributed by atoms with E-state index >= 15 is 0 Å². The number of carbonyl (C=O) groups is 1. The number of anilines is 3. The van der Waals surface area contributed by atoms with Crippen molar-refractivity contribution in [2.75, 3.05) is 17.7 Å². The number of pyridine rings is 1. The van der Waals surface area contributed by atoms with Crippen molar-refractivity contribution in [1.29, 1.82) is 0 Å². The van der Waals surface area contributed by atoms with E-state index in [-0.39, 0.29) is 23.6 Å². The molecule has 2 N–H and O–H groups in total. The Kier molecular flexibility index (Phi) is 7.37. The molecule has 4 aromatic rings. The number of rotatable bonds is 9. The van der Waals surface area contributed by atoms with E-state index in [0.717, 1.165) is 18.3 Å². The minimum atomic E-state index is -3.22. The van der Waals surface area contributed by atoms with Crippen LogP contribution in [0.5, 0.6) is 5.88 Å². The van der Waals surface area contributed by atoms with Crippen LogP contribution in [0.15, 0.2) is 55.2 Å². The first-order valence-corrected chi connectivity index (χ1v) is 11.3. The van der Waals surface area contributed by atoms with Crippen molar-refractivity contribution in [1.82, 2.24) is 24.7 Å². The summed E-state index contributed by atoms with van der Waals surface area (Å²) in [6.45, 7) is 3.41. The monoisotopic (exact) mass is 511 g/mol. The Morgan fingerprint density at radius 1 is 1.05 bits per heavy atom. The zero-order valence-corrected chi connectivity index (χ0v) is 20.3. The van der Waals surface area contributed by atoms with Gasteiger partial charge in [0.25, 0.3) is 5.92 Å². The molecule has 0 spiro atoms. The molecule has 0 aliphatic heterocycles. The van der Waals surface area contributed by atoms with Gasteiger partial charge in [-0.2, -0.15) is 5.10 Å². The van der Waals surface area contributed by atoms with Gasteiger partial charge in [0.05, 0.1) is 42.9 Å². The van der Waals surface area contributed by atoms with Gasteiger partial charge in [-0.3, -0.25) is 9.48 Å². The summed E-state index contributed by atoms with van der Waals surface area (Å²) in [4.78, 5) is 24.8. The lowest BCUT2D eigenvalue weighted by Gasteiger charge is -2.15. The molecule has 0 unspecified atom stereocenters. The number of benzene rings is 1. The summed E-state index contributed by atoms with van der Waals surface area (Å²) in [6, 6.07) is 5.49. The van der Waals surface area contributed by atoms with Crippen molar-refractivity contribution in [2.45, 2.75) is 32.7 Å². The Hall–Kier alpha value is -4.48. The minimum Gasteiger partial charge on any atom is -0.481 e. The van der Waals surface area contributed by atoms with Gasteiger partial charge in [-0.25, -0.2) is 28.1 Å². The lowest BCUT2D eigenvalue weighted by Crippen LogP contribution is -2.17. The highest BCUT2D eigenvalue weighted by Crippen LogP contribution is 2.34. The summed E-state index contributed by atoms with van der Waals surface area (Å²) in [5.41, 5.74) is 1.57. The Morgan fingerprint density at radius 3 is 2.43 bits per heavy atom. The van der Waals surface area contributed by atoms with Crippen LogP contribution in [0.2, 0.25) is 0 Å². The van der Waals surface area contributed by atoms with Crippen LogP contribution in [-0.4, -0.2) is 37.7 Å². The predicted molar refractivity (Wildman–Crippen MR) is 131 cm³/mol. The maximum Gasteiger partial charge on any atom is 0.275 e. The number of methoxy groups -OCH3 is 1. The third-order valence-corrected chi connectivity index (χ3v) is 5.40. The molecular formula is C25H24F3N7O2. The molecular weight excluding hydrogens is 487 g/mol. The Bertz CT molecular complexity index is 1400. The van der Waals surface area contributed by atoms with Crippen molar-refractivity contribution < 1.29 is 22.7 Å². The first-order chi connectivity index (χ1) is 17.7. The number of hydrogen-bond acceptors (Lipinski definition) is 7. The quantitative estimate of drug-likeness (QED) is 0.328. The molecule has 0 saturated carbocycles. The van der Waals surface area contributed by atoms with Crippen molar-refractivity contribution in [3.63, 3.8) is 0 Å². The molecule has 0 aliphatic carbocycles. The molecule has 0 bridgehead atoms. The molecule has 0 saturated heterocycles. The predicted octanol–water partition coefficient (Wildman–Crippen LogP) is 4.94. The minimum absolute atomic E-state index is 0.0484. The molecule has 0 radical (unpaired) electrons. The van der Waals surface area contributed by atoms with Gasteiger partial charge in [0.1, 0.15) is 5.82 Å². The van der Waals surface area contributed by atoms with Crippen molar-refractivity contribution in [3.8, 4) is 17.0 Å². The molecule has 9 nitrogen and oxygen atoms in total. The second-order valence-electron chi connectivity index (χ2n) is 8.21. The number of ether oxygens (including phenoxy) is 1. The second kappa shape index (κ2) is 10.6. The topological polar surface area (TPSA) is 107 Å². The zero-order valence-electron chi connectivity index (χ0n) is 20.3. The summed E-state index contributed by atoms with van der Waals surface area (Å²) in [7, 11) is 1.23. The average molecular weight is 512 g/mol. The van der Waals surface area contributed by atoms with E-state index in [1.165, 1.54) is 25.4 Å². The van der Waals surface area contributed by atoms with Gasteiger partial charge in [0.15, 0.2) is 0 Å². The van der Waals surface area contributed by atoms with Crippen LogP contribution >= 0.6 is 0 Å². The van der Waals surface area contributed by atoms with Crippen molar-refractivity contribution >= 4 is 23.2 Å². The number of alkyl halides is 2. The number of halogens is 3. The van der Waals surface area contributed by atoms with Gasteiger partial charge < -0.3 is 15.4 Å². The Labute approximate surface area is 210 Å². The van der Waals surface area contributed by atoms with Crippen LogP contribution in [0.25, 0.3) is 11.1 Å². The summed E-state index contributed by atoms with van der Waals surface area (Å²) in [5, 5.41) is 9.68. The van der Waals surface area contributed by atoms with E-state index in [2.05, 4.69) is 30.7 Å². The fourth-order valence-corrected chi connectivity index (χ4v) is 3.52. The summed E-state index contributed by atoms with van der Waals surface area (Å²) in [6.07, 6.45) is 7.48. The molecule has 0 fully saturated rings. The second-order valence-corrected chi connectivity index (χ2v) is 8.21. The standard InChI is InChI=1S/C25H24F3N7O2/c1-4-35-14-19(13-32-35)34-24-30-10-17(11-31-24)15-5-6-16(21(26)7-15)8-22(36)33-18-9-20(25(2,27)28)23(37-3)29-12-18/h5-7,9-14H,4,8H2,1-3H3,(H,33,36)(H,30,31,34). The number of aromatic nitrogens is 5. The highest BCUT2D eigenvalue weighted by atomic mass is 19.3.